The van der Waals surface area contributed by atoms with Gasteiger partial charge in [-0.15, -0.1) is 0 Å². The van der Waals surface area contributed by atoms with E-state index in [9.17, 15) is 4.79 Å². The number of aromatic nitrogens is 2. The fourth-order valence-corrected chi connectivity index (χ4v) is 2.50. The molecule has 1 saturated heterocycles. The lowest BCUT2D eigenvalue weighted by Gasteiger charge is -2.31. The van der Waals surface area contributed by atoms with Gasteiger partial charge in [0.15, 0.2) is 0 Å². The lowest BCUT2D eigenvalue weighted by molar-refractivity contribution is -0.129. The number of carbonyl (C=O) groups is 1. The summed E-state index contributed by atoms with van der Waals surface area (Å²) >= 11 is 0. The van der Waals surface area contributed by atoms with E-state index in [4.69, 9.17) is 0 Å². The number of aryl methyl sites for hydroxylation is 2. The highest BCUT2D eigenvalue weighted by molar-refractivity contribution is 5.73. The van der Waals surface area contributed by atoms with E-state index in [1.54, 1.807) is 6.92 Å². The molecule has 0 aromatic carbocycles. The van der Waals surface area contributed by atoms with E-state index in [1.165, 1.54) is 5.69 Å². The molecule has 1 fully saturated rings. The molecule has 1 amide bonds. The average Bonchev–Trinajstić information content (AvgIpc) is 2.58. The molecule has 0 bridgehead atoms. The van der Waals surface area contributed by atoms with E-state index in [2.05, 4.69) is 11.2 Å². The van der Waals surface area contributed by atoms with Crippen LogP contribution in [-0.2, 0) is 11.8 Å². The summed E-state index contributed by atoms with van der Waals surface area (Å²) in [7, 11) is 2.00. The first-order valence-corrected chi connectivity index (χ1v) is 5.84. The number of likely N-dealkylation sites (tertiary alicyclic amines) is 1. The average molecular weight is 221 g/mol. The molecule has 16 heavy (non-hydrogen) atoms. The van der Waals surface area contributed by atoms with E-state index >= 15 is 0 Å². The van der Waals surface area contributed by atoms with Crippen molar-refractivity contribution in [3.8, 4) is 0 Å². The van der Waals surface area contributed by atoms with Crippen molar-refractivity contribution in [2.24, 2.45) is 7.05 Å². The van der Waals surface area contributed by atoms with Gasteiger partial charge in [0, 0.05) is 38.7 Å². The maximum atomic E-state index is 11.2. The number of hydrogen-bond donors (Lipinski definition) is 0. The molecule has 0 radical (unpaired) electrons. The number of hydrogen-bond acceptors (Lipinski definition) is 2. The van der Waals surface area contributed by atoms with Gasteiger partial charge in [-0.25, -0.2) is 0 Å². The van der Waals surface area contributed by atoms with Gasteiger partial charge in [0.05, 0.1) is 5.69 Å². The van der Waals surface area contributed by atoms with Gasteiger partial charge in [0.2, 0.25) is 5.91 Å². The molecule has 2 heterocycles. The lowest BCUT2D eigenvalue weighted by Crippen LogP contribution is -2.36. The van der Waals surface area contributed by atoms with Crippen LogP contribution in [0.25, 0.3) is 0 Å². The summed E-state index contributed by atoms with van der Waals surface area (Å²) in [6.07, 6.45) is 2.11. The molecule has 4 nitrogen and oxygen atoms in total. The Kier molecular flexibility index (Phi) is 2.99. The van der Waals surface area contributed by atoms with Crippen LogP contribution in [0.4, 0.5) is 0 Å². The fraction of sp³-hybridized carbons (Fsp3) is 0.667. The Hall–Kier alpha value is -1.32. The first kappa shape index (κ1) is 11.2. The quantitative estimate of drug-likeness (QED) is 0.720. The first-order chi connectivity index (χ1) is 7.58. The van der Waals surface area contributed by atoms with Gasteiger partial charge < -0.3 is 4.90 Å². The standard InChI is InChI=1S/C12H19N3O/c1-9-8-12(14(3)13-9)11-4-6-15(7-5-11)10(2)16/h8,11H,4-7H2,1-3H3. The minimum atomic E-state index is 0.194. The van der Waals surface area contributed by atoms with Crippen LogP contribution < -0.4 is 0 Å². The molecular weight excluding hydrogens is 202 g/mol. The maximum absolute atomic E-state index is 11.2. The molecule has 4 heteroatoms. The summed E-state index contributed by atoms with van der Waals surface area (Å²) in [5.74, 6) is 0.751. The van der Waals surface area contributed by atoms with Crippen molar-refractivity contribution >= 4 is 5.91 Å². The predicted octanol–water partition coefficient (Wildman–Crippen LogP) is 1.45. The van der Waals surface area contributed by atoms with E-state index in [0.717, 1.165) is 31.6 Å². The molecule has 0 aliphatic carbocycles. The Morgan fingerprint density at radius 1 is 1.44 bits per heavy atom. The molecule has 88 valence electrons. The van der Waals surface area contributed by atoms with E-state index in [-0.39, 0.29) is 5.91 Å². The van der Waals surface area contributed by atoms with Gasteiger partial charge >= 0.3 is 0 Å². The van der Waals surface area contributed by atoms with Crippen LogP contribution in [0.1, 0.15) is 37.1 Å². The third-order valence-corrected chi connectivity index (χ3v) is 3.40. The molecule has 0 atom stereocenters. The van der Waals surface area contributed by atoms with Gasteiger partial charge in [-0.3, -0.25) is 9.48 Å². The summed E-state index contributed by atoms with van der Waals surface area (Å²) < 4.78 is 1.98. The van der Waals surface area contributed by atoms with Crippen molar-refractivity contribution in [2.45, 2.75) is 32.6 Å². The lowest BCUT2D eigenvalue weighted by atomic mass is 9.93. The van der Waals surface area contributed by atoms with Gasteiger partial charge in [0.25, 0.3) is 0 Å². The summed E-state index contributed by atoms with van der Waals surface area (Å²) in [4.78, 5) is 13.2. The minimum Gasteiger partial charge on any atom is -0.343 e. The van der Waals surface area contributed by atoms with Crippen molar-refractivity contribution in [1.29, 1.82) is 0 Å². The zero-order chi connectivity index (χ0) is 11.7. The molecule has 0 N–H and O–H groups in total. The van der Waals surface area contributed by atoms with Crippen LogP contribution in [0.2, 0.25) is 0 Å². The molecule has 1 aromatic rings. The third kappa shape index (κ3) is 2.10. The second-order valence-electron chi connectivity index (χ2n) is 4.61. The van der Waals surface area contributed by atoms with Gasteiger partial charge in [-0.2, -0.15) is 5.10 Å². The van der Waals surface area contributed by atoms with Crippen LogP contribution in [0.3, 0.4) is 0 Å². The highest BCUT2D eigenvalue weighted by Gasteiger charge is 2.23. The van der Waals surface area contributed by atoms with Gasteiger partial charge in [0.1, 0.15) is 0 Å². The zero-order valence-electron chi connectivity index (χ0n) is 10.2. The van der Waals surface area contributed by atoms with E-state index in [0.29, 0.717) is 5.92 Å². The van der Waals surface area contributed by atoms with Crippen LogP contribution in [0, 0.1) is 6.92 Å². The smallest absolute Gasteiger partial charge is 0.219 e. The molecule has 2 rings (SSSR count). The van der Waals surface area contributed by atoms with Crippen LogP contribution >= 0.6 is 0 Å². The molecule has 1 aliphatic rings. The van der Waals surface area contributed by atoms with Crippen LogP contribution in [0.5, 0.6) is 0 Å². The zero-order valence-corrected chi connectivity index (χ0v) is 10.2. The summed E-state index contributed by atoms with van der Waals surface area (Å²) in [6, 6.07) is 2.16. The van der Waals surface area contributed by atoms with E-state index in [1.807, 2.05) is 23.6 Å². The Morgan fingerprint density at radius 3 is 2.50 bits per heavy atom. The number of piperidine rings is 1. The monoisotopic (exact) mass is 221 g/mol. The normalized spacial score (nSPS) is 17.8. The first-order valence-electron chi connectivity index (χ1n) is 5.84. The van der Waals surface area contributed by atoms with Gasteiger partial charge in [-0.05, 0) is 25.8 Å². The number of rotatable bonds is 1. The third-order valence-electron chi connectivity index (χ3n) is 3.40. The van der Waals surface area contributed by atoms with E-state index < -0.39 is 0 Å². The predicted molar refractivity (Wildman–Crippen MR) is 62.2 cm³/mol. The number of carbonyl (C=O) groups excluding carboxylic acids is 1. The largest absolute Gasteiger partial charge is 0.343 e. The molecule has 0 saturated carbocycles. The Labute approximate surface area is 96.2 Å². The molecule has 1 aliphatic heterocycles. The second kappa shape index (κ2) is 4.28. The van der Waals surface area contributed by atoms with Crippen LogP contribution in [0.15, 0.2) is 6.07 Å². The number of nitrogens with zero attached hydrogens (tertiary/aromatic N) is 3. The topological polar surface area (TPSA) is 38.1 Å². The maximum Gasteiger partial charge on any atom is 0.219 e. The van der Waals surface area contributed by atoms with Crippen molar-refractivity contribution in [1.82, 2.24) is 14.7 Å². The highest BCUT2D eigenvalue weighted by atomic mass is 16.2. The molecule has 0 unspecified atom stereocenters. The minimum absolute atomic E-state index is 0.194. The Bertz CT molecular complexity index is 389. The molecule has 0 spiro atoms. The van der Waals surface area contributed by atoms with Crippen molar-refractivity contribution in [3.05, 3.63) is 17.5 Å². The molecule has 1 aromatic heterocycles. The second-order valence-corrected chi connectivity index (χ2v) is 4.61. The van der Waals surface area contributed by atoms with Crippen molar-refractivity contribution < 1.29 is 4.79 Å². The summed E-state index contributed by atoms with van der Waals surface area (Å²) in [5, 5.41) is 4.38. The summed E-state index contributed by atoms with van der Waals surface area (Å²) in [5.41, 5.74) is 2.38. The fourth-order valence-electron chi connectivity index (χ4n) is 2.50. The van der Waals surface area contributed by atoms with Crippen LogP contribution in [-0.4, -0.2) is 33.7 Å². The molecular formula is C12H19N3O. The van der Waals surface area contributed by atoms with Crippen molar-refractivity contribution in [3.63, 3.8) is 0 Å². The Morgan fingerprint density at radius 2 is 2.06 bits per heavy atom. The summed E-state index contributed by atoms with van der Waals surface area (Å²) in [6.45, 7) is 5.43. The van der Waals surface area contributed by atoms with Gasteiger partial charge in [-0.1, -0.05) is 0 Å². The highest BCUT2D eigenvalue weighted by Crippen LogP contribution is 2.27. The Balaban J connectivity index is 2.04. The SMILES string of the molecule is CC(=O)N1CCC(c2cc(C)nn2C)CC1. The van der Waals surface area contributed by atoms with Crippen molar-refractivity contribution in [2.75, 3.05) is 13.1 Å². The number of amides is 1.